The number of ether oxygens (including phenoxy) is 2. The standard InChI is InChI=1S/C32H33F3N4O3S/c33-32(34,35)42-27-3-1-25(2-4-27)39-17-11-26(12-18-39)41-28-5-6-29-23(19-28)20-30(43-29)31(40)37-24-9-15-38(16-10-24)21-22-7-13-36-14-8-22/h1-8,13-14,19-20,24,26H,9-12,15-18,21H2,(H,37,40). The van der Waals surface area contributed by atoms with E-state index in [-0.39, 0.29) is 23.8 Å². The van der Waals surface area contributed by atoms with Crippen molar-refractivity contribution in [2.24, 2.45) is 0 Å². The van der Waals surface area contributed by atoms with Crippen molar-refractivity contribution in [2.45, 2.75) is 50.7 Å². The smallest absolute Gasteiger partial charge is 0.490 e. The van der Waals surface area contributed by atoms with Gasteiger partial charge in [-0.05, 0) is 84.5 Å². The lowest BCUT2D eigenvalue weighted by molar-refractivity contribution is -0.274. The van der Waals surface area contributed by atoms with E-state index in [4.69, 9.17) is 4.74 Å². The van der Waals surface area contributed by atoms with E-state index >= 15 is 0 Å². The van der Waals surface area contributed by atoms with Gasteiger partial charge in [0.15, 0.2) is 0 Å². The van der Waals surface area contributed by atoms with Crippen LogP contribution in [0.25, 0.3) is 10.1 Å². The Morgan fingerprint density at radius 3 is 2.30 bits per heavy atom. The van der Waals surface area contributed by atoms with Crippen LogP contribution in [-0.2, 0) is 6.54 Å². The van der Waals surface area contributed by atoms with Crippen LogP contribution in [0.4, 0.5) is 18.9 Å². The van der Waals surface area contributed by atoms with Crippen LogP contribution in [0.1, 0.15) is 40.9 Å². The molecule has 0 saturated carbocycles. The highest BCUT2D eigenvalue weighted by molar-refractivity contribution is 7.20. The van der Waals surface area contributed by atoms with Crippen LogP contribution >= 0.6 is 11.3 Å². The number of halogens is 3. The molecule has 4 aromatic rings. The van der Waals surface area contributed by atoms with Crippen LogP contribution in [-0.4, -0.2) is 60.5 Å². The number of anilines is 1. The van der Waals surface area contributed by atoms with Crippen molar-refractivity contribution in [3.05, 3.63) is 83.5 Å². The summed E-state index contributed by atoms with van der Waals surface area (Å²) >= 11 is 1.49. The first-order valence-electron chi connectivity index (χ1n) is 14.5. The molecular formula is C32H33F3N4O3S. The molecule has 2 aliphatic heterocycles. The molecule has 11 heteroatoms. The van der Waals surface area contributed by atoms with Gasteiger partial charge in [0.25, 0.3) is 5.91 Å². The number of hydrogen-bond donors (Lipinski definition) is 1. The largest absolute Gasteiger partial charge is 0.573 e. The van der Waals surface area contributed by atoms with Crippen LogP contribution in [0.5, 0.6) is 11.5 Å². The highest BCUT2D eigenvalue weighted by atomic mass is 32.1. The summed E-state index contributed by atoms with van der Waals surface area (Å²) in [6, 6.07) is 18.1. The molecule has 0 unspecified atom stereocenters. The number of rotatable bonds is 8. The van der Waals surface area contributed by atoms with Crippen LogP contribution in [0.2, 0.25) is 0 Å². The molecular weight excluding hydrogens is 577 g/mol. The quantitative estimate of drug-likeness (QED) is 0.242. The number of nitrogens with zero attached hydrogens (tertiary/aromatic N) is 3. The first kappa shape index (κ1) is 29.3. The molecule has 2 saturated heterocycles. The van der Waals surface area contributed by atoms with Gasteiger partial charge < -0.3 is 19.7 Å². The molecule has 7 nitrogen and oxygen atoms in total. The number of amides is 1. The minimum atomic E-state index is -4.70. The number of likely N-dealkylation sites (tertiary alicyclic amines) is 1. The monoisotopic (exact) mass is 610 g/mol. The van der Waals surface area contributed by atoms with E-state index in [1.807, 2.05) is 48.8 Å². The Hall–Kier alpha value is -3.83. The van der Waals surface area contributed by atoms with Gasteiger partial charge in [-0.15, -0.1) is 24.5 Å². The minimum absolute atomic E-state index is 0.0263. The topological polar surface area (TPSA) is 66.9 Å². The van der Waals surface area contributed by atoms with Crippen LogP contribution in [0.15, 0.2) is 73.1 Å². The molecule has 0 aliphatic carbocycles. The second-order valence-electron chi connectivity index (χ2n) is 11.0. The molecule has 6 rings (SSSR count). The second kappa shape index (κ2) is 12.8. The van der Waals surface area contributed by atoms with E-state index in [0.717, 1.165) is 79.9 Å². The highest BCUT2D eigenvalue weighted by Gasteiger charge is 2.31. The number of nitrogens with one attached hydrogen (secondary N) is 1. The molecule has 226 valence electrons. The van der Waals surface area contributed by atoms with E-state index in [9.17, 15) is 18.0 Å². The van der Waals surface area contributed by atoms with E-state index in [1.54, 1.807) is 12.1 Å². The van der Waals surface area contributed by atoms with Crippen molar-refractivity contribution in [2.75, 3.05) is 31.1 Å². The van der Waals surface area contributed by atoms with Crippen LogP contribution in [0.3, 0.4) is 0 Å². The molecule has 4 heterocycles. The van der Waals surface area contributed by atoms with Gasteiger partial charge in [-0.1, -0.05) is 0 Å². The third kappa shape index (κ3) is 7.77. The molecule has 0 atom stereocenters. The molecule has 0 bridgehead atoms. The Morgan fingerprint density at radius 2 is 1.60 bits per heavy atom. The van der Waals surface area contributed by atoms with Gasteiger partial charge in [-0.25, -0.2) is 0 Å². The summed E-state index contributed by atoms with van der Waals surface area (Å²) in [5.74, 6) is 0.518. The fourth-order valence-electron chi connectivity index (χ4n) is 5.73. The number of piperidine rings is 2. The summed E-state index contributed by atoms with van der Waals surface area (Å²) in [4.78, 5) is 22.4. The third-order valence-corrected chi connectivity index (χ3v) is 9.08. The van der Waals surface area contributed by atoms with Crippen LogP contribution < -0.4 is 19.7 Å². The number of carbonyl (C=O) groups excluding carboxylic acids is 1. The van der Waals surface area contributed by atoms with Crippen molar-refractivity contribution < 1.29 is 27.4 Å². The van der Waals surface area contributed by atoms with E-state index < -0.39 is 6.36 Å². The van der Waals surface area contributed by atoms with Gasteiger partial charge >= 0.3 is 6.36 Å². The molecule has 2 aromatic carbocycles. The lowest BCUT2D eigenvalue weighted by Gasteiger charge is -2.33. The van der Waals surface area contributed by atoms with Gasteiger partial charge in [0.1, 0.15) is 17.6 Å². The SMILES string of the molecule is O=C(NC1CCN(Cc2ccncc2)CC1)c1cc2cc(OC3CCN(c4ccc(OC(F)(F)F)cc4)CC3)ccc2s1. The van der Waals surface area contributed by atoms with E-state index in [2.05, 4.69) is 24.8 Å². The first-order valence-corrected chi connectivity index (χ1v) is 15.3. The Labute approximate surface area is 252 Å². The molecule has 0 radical (unpaired) electrons. The van der Waals surface area contributed by atoms with Crippen LogP contribution in [0, 0.1) is 0 Å². The molecule has 1 amide bonds. The van der Waals surface area contributed by atoms with E-state index in [0.29, 0.717) is 4.88 Å². The molecule has 43 heavy (non-hydrogen) atoms. The summed E-state index contributed by atoms with van der Waals surface area (Å²) in [6.07, 6.45) is 2.41. The normalized spacial score (nSPS) is 17.2. The van der Waals surface area contributed by atoms with Crippen molar-refractivity contribution in [3.8, 4) is 11.5 Å². The number of fused-ring (bicyclic) bond motifs is 1. The number of pyridine rings is 1. The van der Waals surface area contributed by atoms with Crippen molar-refractivity contribution in [1.82, 2.24) is 15.2 Å². The van der Waals surface area contributed by atoms with Crippen molar-refractivity contribution in [3.63, 3.8) is 0 Å². The van der Waals surface area contributed by atoms with Gasteiger partial charge in [0.2, 0.25) is 0 Å². The summed E-state index contributed by atoms with van der Waals surface area (Å²) in [7, 11) is 0. The van der Waals surface area contributed by atoms with Gasteiger partial charge in [0, 0.05) is 74.4 Å². The fraction of sp³-hybridized carbons (Fsp3) is 0.375. The predicted octanol–water partition coefficient (Wildman–Crippen LogP) is 6.64. The molecule has 2 aromatic heterocycles. The number of hydrogen-bond acceptors (Lipinski definition) is 7. The lowest BCUT2D eigenvalue weighted by atomic mass is 10.0. The number of benzene rings is 2. The zero-order valence-corrected chi connectivity index (χ0v) is 24.4. The number of alkyl halides is 3. The summed E-state index contributed by atoms with van der Waals surface area (Å²) in [5, 5.41) is 4.22. The second-order valence-corrected chi connectivity index (χ2v) is 12.1. The maximum absolute atomic E-state index is 13.1. The molecule has 2 aliphatic rings. The fourth-order valence-corrected chi connectivity index (χ4v) is 6.67. The molecule has 2 fully saturated rings. The Morgan fingerprint density at radius 1 is 0.907 bits per heavy atom. The first-order chi connectivity index (χ1) is 20.8. The molecule has 0 spiro atoms. The number of carbonyl (C=O) groups is 1. The lowest BCUT2D eigenvalue weighted by Crippen LogP contribution is -2.44. The van der Waals surface area contributed by atoms with Gasteiger partial charge in [0.05, 0.1) is 4.88 Å². The highest BCUT2D eigenvalue weighted by Crippen LogP contribution is 2.32. The summed E-state index contributed by atoms with van der Waals surface area (Å²) in [5.41, 5.74) is 2.11. The van der Waals surface area contributed by atoms with Gasteiger partial charge in [-0.2, -0.15) is 0 Å². The third-order valence-electron chi connectivity index (χ3n) is 7.97. The minimum Gasteiger partial charge on any atom is -0.490 e. The van der Waals surface area contributed by atoms with E-state index in [1.165, 1.54) is 29.0 Å². The van der Waals surface area contributed by atoms with Crippen molar-refractivity contribution in [1.29, 1.82) is 0 Å². The number of aromatic nitrogens is 1. The summed E-state index contributed by atoms with van der Waals surface area (Å²) < 4.78 is 48.6. The predicted molar refractivity (Wildman–Crippen MR) is 161 cm³/mol. The summed E-state index contributed by atoms with van der Waals surface area (Å²) in [6.45, 7) is 4.27. The average Bonchev–Trinajstić information content (AvgIpc) is 3.43. The zero-order chi connectivity index (χ0) is 29.8. The number of thiophene rings is 1. The maximum atomic E-state index is 13.1. The zero-order valence-electron chi connectivity index (χ0n) is 23.6. The molecule has 1 N–H and O–H groups in total. The van der Waals surface area contributed by atoms with Gasteiger partial charge in [-0.3, -0.25) is 14.7 Å². The Balaban J connectivity index is 0.978. The average molecular weight is 611 g/mol. The maximum Gasteiger partial charge on any atom is 0.573 e. The van der Waals surface area contributed by atoms with Crippen molar-refractivity contribution >= 4 is 33.0 Å². The Kier molecular flexibility index (Phi) is 8.71. The Bertz CT molecular complexity index is 1510.